The Morgan fingerprint density at radius 1 is 1.34 bits per heavy atom. The number of methoxy groups -OCH3 is 1. The smallest absolute Gasteiger partial charge is 0.240 e. The van der Waals surface area contributed by atoms with Crippen molar-refractivity contribution in [1.29, 1.82) is 0 Å². The van der Waals surface area contributed by atoms with Crippen molar-refractivity contribution in [2.75, 3.05) is 21.2 Å². The first-order chi connectivity index (χ1) is 13.7. The van der Waals surface area contributed by atoms with E-state index in [0.717, 1.165) is 15.6 Å². The van der Waals surface area contributed by atoms with Crippen LogP contribution in [-0.2, 0) is 19.8 Å². The fraction of sp³-hybridized carbons (Fsp3) is 0.429. The van der Waals surface area contributed by atoms with E-state index in [1.807, 2.05) is 19.2 Å². The lowest BCUT2D eigenvalue weighted by Crippen LogP contribution is -2.42. The summed E-state index contributed by atoms with van der Waals surface area (Å²) in [6.07, 6.45) is -0.113. The van der Waals surface area contributed by atoms with Gasteiger partial charge in [0.25, 0.3) is 0 Å². The molecule has 3 amide bonds. The first kappa shape index (κ1) is 21.0. The van der Waals surface area contributed by atoms with Crippen molar-refractivity contribution in [3.8, 4) is 5.75 Å². The molecule has 2 heterocycles. The SMILES string of the molecule is COc1ccc([C@@]2(CC(=O)N(C)[C@@H](C)c3nc(C)cs3)CC(=O)N(C)C2=O)cc1. The molecule has 0 saturated carbocycles. The molecular formula is C21H25N3O4S. The Labute approximate surface area is 174 Å². The van der Waals surface area contributed by atoms with Crippen LogP contribution in [0.1, 0.15) is 42.1 Å². The predicted molar refractivity (Wildman–Crippen MR) is 110 cm³/mol. The molecule has 1 aliphatic heterocycles. The topological polar surface area (TPSA) is 79.8 Å². The summed E-state index contributed by atoms with van der Waals surface area (Å²) in [5.74, 6) is -0.208. The van der Waals surface area contributed by atoms with Gasteiger partial charge in [-0.3, -0.25) is 19.3 Å². The van der Waals surface area contributed by atoms with Crippen molar-refractivity contribution >= 4 is 29.1 Å². The lowest BCUT2D eigenvalue weighted by atomic mass is 9.75. The van der Waals surface area contributed by atoms with E-state index >= 15 is 0 Å². The fourth-order valence-electron chi connectivity index (χ4n) is 3.59. The number of nitrogens with zero attached hydrogens (tertiary/aromatic N) is 3. The number of ether oxygens (including phenoxy) is 1. The number of rotatable bonds is 6. The molecule has 1 saturated heterocycles. The molecule has 0 N–H and O–H groups in total. The maximum Gasteiger partial charge on any atom is 0.240 e. The van der Waals surface area contributed by atoms with Gasteiger partial charge in [-0.1, -0.05) is 12.1 Å². The van der Waals surface area contributed by atoms with Gasteiger partial charge < -0.3 is 9.64 Å². The van der Waals surface area contributed by atoms with Gasteiger partial charge in [-0.05, 0) is 31.5 Å². The zero-order valence-electron chi connectivity index (χ0n) is 17.3. The third-order valence-electron chi connectivity index (χ3n) is 5.61. The van der Waals surface area contributed by atoms with Gasteiger partial charge in [-0.2, -0.15) is 0 Å². The van der Waals surface area contributed by atoms with Crippen LogP contribution in [0, 0.1) is 6.92 Å². The first-order valence-corrected chi connectivity index (χ1v) is 10.2. The summed E-state index contributed by atoms with van der Waals surface area (Å²) >= 11 is 1.50. The number of carbonyl (C=O) groups is 3. The second-order valence-electron chi connectivity index (χ2n) is 7.43. The lowest BCUT2D eigenvalue weighted by molar-refractivity contribution is -0.141. The molecule has 154 valence electrons. The molecule has 7 nitrogen and oxygen atoms in total. The second kappa shape index (κ2) is 7.94. The Kier molecular flexibility index (Phi) is 5.75. The van der Waals surface area contributed by atoms with E-state index in [-0.39, 0.29) is 36.6 Å². The van der Waals surface area contributed by atoms with E-state index in [9.17, 15) is 14.4 Å². The minimum atomic E-state index is -1.21. The van der Waals surface area contributed by atoms with Gasteiger partial charge in [0.1, 0.15) is 10.8 Å². The number of aromatic nitrogens is 1. The molecule has 0 radical (unpaired) electrons. The zero-order chi connectivity index (χ0) is 21.3. The third-order valence-corrected chi connectivity index (χ3v) is 6.74. The highest BCUT2D eigenvalue weighted by atomic mass is 32.1. The van der Waals surface area contributed by atoms with Gasteiger partial charge >= 0.3 is 0 Å². The van der Waals surface area contributed by atoms with E-state index in [4.69, 9.17) is 4.74 Å². The number of likely N-dealkylation sites (tertiary alicyclic amines) is 1. The van der Waals surface area contributed by atoms with Crippen LogP contribution in [0.4, 0.5) is 0 Å². The summed E-state index contributed by atoms with van der Waals surface area (Å²) in [5, 5.41) is 2.78. The number of imide groups is 1. The average molecular weight is 416 g/mol. The summed E-state index contributed by atoms with van der Waals surface area (Å²) in [5.41, 5.74) is 0.341. The third kappa shape index (κ3) is 3.76. The van der Waals surface area contributed by atoms with Crippen LogP contribution < -0.4 is 4.74 Å². The molecule has 2 atom stereocenters. The van der Waals surface area contributed by atoms with Crippen molar-refractivity contribution in [3.63, 3.8) is 0 Å². The van der Waals surface area contributed by atoms with E-state index in [2.05, 4.69) is 4.98 Å². The molecule has 1 aromatic carbocycles. The largest absolute Gasteiger partial charge is 0.497 e. The standard InChI is InChI=1S/C21H25N3O4S/c1-13-12-29-19(22-13)14(2)23(3)17(25)10-21(11-18(26)24(4)20(21)27)15-6-8-16(28-5)9-7-15/h6-9,12,14H,10-11H2,1-5H3/t14-,21+/m0/s1. The molecule has 0 bridgehead atoms. The highest BCUT2D eigenvalue weighted by Crippen LogP contribution is 2.40. The Morgan fingerprint density at radius 2 is 2.00 bits per heavy atom. The van der Waals surface area contributed by atoms with E-state index in [1.54, 1.807) is 43.3 Å². The van der Waals surface area contributed by atoms with Crippen molar-refractivity contribution in [2.24, 2.45) is 0 Å². The van der Waals surface area contributed by atoms with E-state index in [0.29, 0.717) is 11.3 Å². The maximum atomic E-state index is 13.2. The quantitative estimate of drug-likeness (QED) is 0.678. The Hall–Kier alpha value is -2.74. The highest BCUT2D eigenvalue weighted by Gasteiger charge is 2.53. The van der Waals surface area contributed by atoms with Gasteiger partial charge in [-0.25, -0.2) is 4.98 Å². The van der Waals surface area contributed by atoms with Crippen molar-refractivity contribution in [3.05, 3.63) is 45.9 Å². The highest BCUT2D eigenvalue weighted by molar-refractivity contribution is 7.09. The minimum Gasteiger partial charge on any atom is -0.497 e. The van der Waals surface area contributed by atoms with E-state index < -0.39 is 5.41 Å². The molecule has 3 rings (SSSR count). The monoisotopic (exact) mass is 415 g/mol. The van der Waals surface area contributed by atoms with Crippen LogP contribution in [0.3, 0.4) is 0 Å². The minimum absolute atomic E-state index is 0.0288. The Bertz CT molecular complexity index is 940. The summed E-state index contributed by atoms with van der Waals surface area (Å²) in [4.78, 5) is 45.8. The number of hydrogen-bond acceptors (Lipinski definition) is 6. The van der Waals surface area contributed by atoms with Crippen LogP contribution >= 0.6 is 11.3 Å². The van der Waals surface area contributed by atoms with Crippen molar-refractivity contribution < 1.29 is 19.1 Å². The molecule has 0 aliphatic carbocycles. The van der Waals surface area contributed by atoms with Crippen LogP contribution in [0.25, 0.3) is 0 Å². The van der Waals surface area contributed by atoms with Crippen LogP contribution in [0.15, 0.2) is 29.6 Å². The van der Waals surface area contributed by atoms with Gasteiger partial charge in [0.15, 0.2) is 0 Å². The summed E-state index contributed by atoms with van der Waals surface area (Å²) in [6.45, 7) is 3.82. The zero-order valence-corrected chi connectivity index (χ0v) is 18.1. The molecule has 0 spiro atoms. The molecule has 1 aromatic heterocycles. The summed E-state index contributed by atoms with van der Waals surface area (Å²) in [7, 11) is 4.73. The number of amides is 3. The van der Waals surface area contributed by atoms with Gasteiger partial charge in [0.05, 0.1) is 18.6 Å². The average Bonchev–Trinajstić information content (AvgIpc) is 3.24. The van der Waals surface area contributed by atoms with Gasteiger partial charge in [0, 0.05) is 38.0 Å². The number of thiazole rings is 1. The number of carbonyl (C=O) groups excluding carboxylic acids is 3. The summed E-state index contributed by atoms with van der Waals surface area (Å²) < 4.78 is 5.19. The van der Waals surface area contributed by atoms with Gasteiger partial charge in [0.2, 0.25) is 17.7 Å². The Balaban J connectivity index is 1.92. The van der Waals surface area contributed by atoms with Crippen LogP contribution in [0.5, 0.6) is 5.75 Å². The second-order valence-corrected chi connectivity index (χ2v) is 8.32. The van der Waals surface area contributed by atoms with Crippen LogP contribution in [0.2, 0.25) is 0 Å². The molecule has 1 aliphatic rings. The van der Waals surface area contributed by atoms with Crippen molar-refractivity contribution in [2.45, 2.75) is 38.1 Å². The number of aryl methyl sites for hydroxylation is 1. The maximum absolute atomic E-state index is 13.2. The molecular weight excluding hydrogens is 390 g/mol. The number of hydrogen-bond donors (Lipinski definition) is 0. The van der Waals surface area contributed by atoms with Crippen LogP contribution in [-0.4, -0.2) is 53.7 Å². The van der Waals surface area contributed by atoms with E-state index in [1.165, 1.54) is 18.4 Å². The molecule has 1 fully saturated rings. The first-order valence-electron chi connectivity index (χ1n) is 9.33. The molecule has 2 aromatic rings. The van der Waals surface area contributed by atoms with Crippen molar-refractivity contribution in [1.82, 2.24) is 14.8 Å². The number of likely N-dealkylation sites (N-methyl/N-ethyl adjacent to an activating group) is 1. The number of benzene rings is 1. The lowest BCUT2D eigenvalue weighted by Gasteiger charge is -2.30. The summed E-state index contributed by atoms with van der Waals surface area (Å²) in [6, 6.07) is 6.76. The van der Waals surface area contributed by atoms with Gasteiger partial charge in [-0.15, -0.1) is 11.3 Å². The predicted octanol–water partition coefficient (Wildman–Crippen LogP) is 2.70. The molecule has 0 unspecified atom stereocenters. The Morgan fingerprint density at radius 3 is 2.48 bits per heavy atom. The fourth-order valence-corrected chi connectivity index (χ4v) is 4.49. The normalized spacial score (nSPS) is 20.1. The molecule has 8 heteroatoms. The molecule has 29 heavy (non-hydrogen) atoms.